The van der Waals surface area contributed by atoms with E-state index in [-0.39, 0.29) is 6.04 Å². The van der Waals surface area contributed by atoms with E-state index in [4.69, 9.17) is 11.6 Å². The van der Waals surface area contributed by atoms with Gasteiger partial charge in [-0.05, 0) is 48.9 Å². The quantitative estimate of drug-likeness (QED) is 0.914. The van der Waals surface area contributed by atoms with Gasteiger partial charge in [-0.2, -0.15) is 0 Å². The van der Waals surface area contributed by atoms with Crippen molar-refractivity contribution in [2.24, 2.45) is 0 Å². The van der Waals surface area contributed by atoms with E-state index in [1.165, 1.54) is 16.8 Å². The van der Waals surface area contributed by atoms with Gasteiger partial charge < -0.3 is 10.2 Å². The van der Waals surface area contributed by atoms with E-state index in [1.54, 1.807) is 0 Å². The molecule has 0 aliphatic carbocycles. The molecule has 0 radical (unpaired) electrons. The number of anilines is 1. The van der Waals surface area contributed by atoms with Crippen molar-refractivity contribution in [3.8, 4) is 0 Å². The molecule has 0 bridgehead atoms. The van der Waals surface area contributed by atoms with Crippen LogP contribution in [0, 0.1) is 6.92 Å². The molecule has 0 aromatic heterocycles. The topological polar surface area (TPSA) is 15.3 Å². The maximum absolute atomic E-state index is 6.23. The first kappa shape index (κ1) is 14.9. The zero-order chi connectivity index (χ0) is 14.7. The highest BCUT2D eigenvalue weighted by Crippen LogP contribution is 2.27. The maximum Gasteiger partial charge on any atom is 0.0574 e. The van der Waals surface area contributed by atoms with Gasteiger partial charge in [0.15, 0.2) is 0 Å². The Morgan fingerprint density at radius 1 is 1.00 bits per heavy atom. The Balaban J connectivity index is 2.33. The first-order valence-electron chi connectivity index (χ1n) is 6.73. The summed E-state index contributed by atoms with van der Waals surface area (Å²) in [6.45, 7) is 2.02. The number of nitrogens with zero attached hydrogens (tertiary/aromatic N) is 1. The Kier molecular flexibility index (Phi) is 4.69. The molecule has 2 rings (SSSR count). The Hall–Kier alpha value is -1.51. The van der Waals surface area contributed by atoms with Gasteiger partial charge in [0.25, 0.3) is 0 Å². The highest BCUT2D eigenvalue weighted by molar-refractivity contribution is 6.31. The summed E-state index contributed by atoms with van der Waals surface area (Å²) >= 11 is 6.23. The summed E-state index contributed by atoms with van der Waals surface area (Å²) in [5, 5.41) is 4.17. The van der Waals surface area contributed by atoms with E-state index in [2.05, 4.69) is 46.6 Å². The van der Waals surface area contributed by atoms with Crippen molar-refractivity contribution in [3.05, 3.63) is 64.2 Å². The molecule has 1 unspecified atom stereocenters. The highest BCUT2D eigenvalue weighted by Gasteiger charge is 2.13. The van der Waals surface area contributed by atoms with Crippen LogP contribution >= 0.6 is 11.6 Å². The van der Waals surface area contributed by atoms with Crippen molar-refractivity contribution in [2.45, 2.75) is 13.0 Å². The van der Waals surface area contributed by atoms with Gasteiger partial charge in [0.05, 0.1) is 6.04 Å². The SMILES string of the molecule is CNC(c1ccc(N(C)C)cc1)c1ccc(C)c(Cl)c1. The molecule has 0 aliphatic rings. The van der Waals surface area contributed by atoms with Gasteiger partial charge in [0, 0.05) is 24.8 Å². The average Bonchev–Trinajstić information content (AvgIpc) is 2.44. The molecule has 2 aromatic rings. The highest BCUT2D eigenvalue weighted by atomic mass is 35.5. The summed E-state index contributed by atoms with van der Waals surface area (Å²) < 4.78 is 0. The van der Waals surface area contributed by atoms with Gasteiger partial charge in [0.1, 0.15) is 0 Å². The predicted octanol–water partition coefficient (Wildman–Crippen LogP) is 4.02. The van der Waals surface area contributed by atoms with Crippen LogP contribution in [0.3, 0.4) is 0 Å². The fourth-order valence-corrected chi connectivity index (χ4v) is 2.47. The molecule has 3 heteroatoms. The monoisotopic (exact) mass is 288 g/mol. The first-order valence-corrected chi connectivity index (χ1v) is 7.11. The first-order chi connectivity index (χ1) is 9.52. The molecule has 0 spiro atoms. The third-order valence-electron chi connectivity index (χ3n) is 3.56. The molecule has 2 nitrogen and oxygen atoms in total. The molecule has 1 atom stereocenters. The molecular weight excluding hydrogens is 268 g/mol. The molecule has 2 aromatic carbocycles. The Bertz CT molecular complexity index is 576. The van der Waals surface area contributed by atoms with Crippen LogP contribution in [0.1, 0.15) is 22.7 Å². The van der Waals surface area contributed by atoms with Gasteiger partial charge in [0.2, 0.25) is 0 Å². The molecule has 106 valence electrons. The summed E-state index contributed by atoms with van der Waals surface area (Å²) in [4.78, 5) is 2.10. The van der Waals surface area contributed by atoms with E-state index in [0.29, 0.717) is 0 Å². The fraction of sp³-hybridized carbons (Fsp3) is 0.294. The van der Waals surface area contributed by atoms with Gasteiger partial charge in [-0.1, -0.05) is 35.9 Å². The zero-order valence-corrected chi connectivity index (χ0v) is 13.2. The van der Waals surface area contributed by atoms with Crippen LogP contribution < -0.4 is 10.2 Å². The number of nitrogens with one attached hydrogen (secondary N) is 1. The van der Waals surface area contributed by atoms with Crippen molar-refractivity contribution < 1.29 is 0 Å². The van der Waals surface area contributed by atoms with Crippen LogP contribution in [0.15, 0.2) is 42.5 Å². The predicted molar refractivity (Wildman–Crippen MR) is 87.9 cm³/mol. The second kappa shape index (κ2) is 6.29. The molecule has 0 fully saturated rings. The van der Waals surface area contributed by atoms with Crippen molar-refractivity contribution >= 4 is 17.3 Å². The van der Waals surface area contributed by atoms with Crippen molar-refractivity contribution in [2.75, 3.05) is 26.0 Å². The van der Waals surface area contributed by atoms with Gasteiger partial charge in [-0.25, -0.2) is 0 Å². The van der Waals surface area contributed by atoms with Crippen LogP contribution in [0.2, 0.25) is 5.02 Å². The van der Waals surface area contributed by atoms with Crippen LogP contribution in [0.4, 0.5) is 5.69 Å². The van der Waals surface area contributed by atoms with Crippen LogP contribution in [0.5, 0.6) is 0 Å². The largest absolute Gasteiger partial charge is 0.378 e. The normalized spacial score (nSPS) is 12.2. The van der Waals surface area contributed by atoms with Crippen molar-refractivity contribution in [3.63, 3.8) is 0 Å². The second-order valence-electron chi connectivity index (χ2n) is 5.22. The van der Waals surface area contributed by atoms with Gasteiger partial charge in [-0.15, -0.1) is 0 Å². The molecule has 0 saturated carbocycles. The summed E-state index contributed by atoms with van der Waals surface area (Å²) in [5.74, 6) is 0. The molecule has 1 N–H and O–H groups in total. The van der Waals surface area contributed by atoms with Crippen LogP contribution in [-0.4, -0.2) is 21.1 Å². The summed E-state index contributed by atoms with van der Waals surface area (Å²) in [6, 6.07) is 15.0. The minimum atomic E-state index is 0.157. The number of hydrogen-bond donors (Lipinski definition) is 1. The Morgan fingerprint density at radius 2 is 1.60 bits per heavy atom. The molecule has 0 saturated heterocycles. The van der Waals surface area contributed by atoms with E-state index in [1.807, 2.05) is 34.1 Å². The van der Waals surface area contributed by atoms with E-state index < -0.39 is 0 Å². The molecular formula is C17H21ClN2. The number of hydrogen-bond acceptors (Lipinski definition) is 2. The van der Waals surface area contributed by atoms with Crippen LogP contribution in [-0.2, 0) is 0 Å². The fourth-order valence-electron chi connectivity index (χ4n) is 2.28. The zero-order valence-electron chi connectivity index (χ0n) is 12.4. The summed E-state index contributed by atoms with van der Waals surface area (Å²) in [6.07, 6.45) is 0. The Labute approximate surface area is 126 Å². The maximum atomic E-state index is 6.23. The smallest absolute Gasteiger partial charge is 0.0574 e. The lowest BCUT2D eigenvalue weighted by molar-refractivity contribution is 0.691. The number of halogens is 1. The van der Waals surface area contributed by atoms with Gasteiger partial charge >= 0.3 is 0 Å². The lowest BCUT2D eigenvalue weighted by Gasteiger charge is -2.19. The van der Waals surface area contributed by atoms with Crippen molar-refractivity contribution in [1.82, 2.24) is 5.32 Å². The number of aryl methyl sites for hydroxylation is 1. The average molecular weight is 289 g/mol. The van der Waals surface area contributed by atoms with E-state index in [9.17, 15) is 0 Å². The molecule has 20 heavy (non-hydrogen) atoms. The third kappa shape index (κ3) is 3.14. The van der Waals surface area contributed by atoms with Gasteiger partial charge in [-0.3, -0.25) is 0 Å². The summed E-state index contributed by atoms with van der Waals surface area (Å²) in [5.41, 5.74) is 4.72. The minimum Gasteiger partial charge on any atom is -0.378 e. The van der Waals surface area contributed by atoms with E-state index in [0.717, 1.165) is 10.6 Å². The molecule has 0 aliphatic heterocycles. The summed E-state index contributed by atoms with van der Waals surface area (Å²) in [7, 11) is 6.06. The molecule has 0 heterocycles. The lowest BCUT2D eigenvalue weighted by atomic mass is 9.97. The van der Waals surface area contributed by atoms with Crippen LogP contribution in [0.25, 0.3) is 0 Å². The molecule has 0 amide bonds. The third-order valence-corrected chi connectivity index (χ3v) is 3.97. The Morgan fingerprint density at radius 3 is 2.10 bits per heavy atom. The van der Waals surface area contributed by atoms with E-state index >= 15 is 0 Å². The second-order valence-corrected chi connectivity index (χ2v) is 5.62. The minimum absolute atomic E-state index is 0.157. The number of benzene rings is 2. The lowest BCUT2D eigenvalue weighted by Crippen LogP contribution is -2.18. The van der Waals surface area contributed by atoms with Crippen molar-refractivity contribution in [1.29, 1.82) is 0 Å². The standard InChI is InChI=1S/C17H21ClN2/c1-12-5-6-14(11-16(12)18)17(19-2)13-7-9-15(10-8-13)20(3)4/h5-11,17,19H,1-4H3. The number of rotatable bonds is 4.